The Kier molecular flexibility index (Phi) is 5.00. The van der Waals surface area contributed by atoms with Gasteiger partial charge in [-0.05, 0) is 48.9 Å². The van der Waals surface area contributed by atoms with Gasteiger partial charge in [0.25, 0.3) is 0 Å². The summed E-state index contributed by atoms with van der Waals surface area (Å²) in [5, 5.41) is 9.23. The Morgan fingerprint density at radius 2 is 1.78 bits per heavy atom. The van der Waals surface area contributed by atoms with Gasteiger partial charge in [0.15, 0.2) is 11.3 Å². The predicted molar refractivity (Wildman–Crippen MR) is 130 cm³/mol. The number of imidazole rings is 1. The minimum Gasteiger partial charge on any atom is -0.322 e. The van der Waals surface area contributed by atoms with Gasteiger partial charge in [0, 0.05) is 24.4 Å². The van der Waals surface area contributed by atoms with E-state index < -0.39 is 11.6 Å². The summed E-state index contributed by atoms with van der Waals surface area (Å²) < 4.78 is 31.3. The summed E-state index contributed by atoms with van der Waals surface area (Å²) in [7, 11) is 0. The van der Waals surface area contributed by atoms with E-state index in [9.17, 15) is 14.0 Å². The van der Waals surface area contributed by atoms with Gasteiger partial charge < -0.3 is 4.57 Å². The SMILES string of the molecule is Cc1nc2ncc(-n3ccc4ncc(-c5cccc(C#N)c5)nc43)cc2n1Cc1cc(F)cc(F)c1. The molecule has 0 aliphatic carbocycles. The highest BCUT2D eigenvalue weighted by Gasteiger charge is 2.14. The quantitative estimate of drug-likeness (QED) is 0.342. The van der Waals surface area contributed by atoms with Crippen LogP contribution >= 0.6 is 0 Å². The molecule has 0 aliphatic rings. The number of pyridine rings is 1. The van der Waals surface area contributed by atoms with Crippen LogP contribution in [0.4, 0.5) is 8.78 Å². The van der Waals surface area contributed by atoms with Crippen molar-refractivity contribution in [1.29, 1.82) is 5.26 Å². The van der Waals surface area contributed by atoms with Crippen LogP contribution in [0.2, 0.25) is 0 Å². The molecule has 0 amide bonds. The fraction of sp³-hybridized carbons (Fsp3) is 0.0741. The van der Waals surface area contributed by atoms with E-state index in [0.717, 1.165) is 22.8 Å². The second kappa shape index (κ2) is 8.36. The Labute approximate surface area is 204 Å². The molecule has 0 saturated carbocycles. The third kappa shape index (κ3) is 3.75. The second-order valence-electron chi connectivity index (χ2n) is 8.40. The van der Waals surface area contributed by atoms with Gasteiger partial charge in [-0.2, -0.15) is 5.26 Å². The van der Waals surface area contributed by atoms with Gasteiger partial charge >= 0.3 is 0 Å². The molecule has 0 unspecified atom stereocenters. The summed E-state index contributed by atoms with van der Waals surface area (Å²) in [6.45, 7) is 2.07. The van der Waals surface area contributed by atoms with Crippen molar-refractivity contribution >= 4 is 22.3 Å². The van der Waals surface area contributed by atoms with Gasteiger partial charge in [-0.1, -0.05) is 12.1 Å². The third-order valence-corrected chi connectivity index (χ3v) is 6.00. The van der Waals surface area contributed by atoms with Crippen LogP contribution in [0.25, 0.3) is 39.3 Å². The van der Waals surface area contributed by atoms with E-state index in [4.69, 9.17) is 4.98 Å². The van der Waals surface area contributed by atoms with Crippen molar-refractivity contribution in [1.82, 2.24) is 29.1 Å². The second-order valence-corrected chi connectivity index (χ2v) is 8.40. The van der Waals surface area contributed by atoms with E-state index in [1.807, 2.05) is 46.5 Å². The molecule has 7 nitrogen and oxygen atoms in total. The maximum atomic E-state index is 13.8. The number of nitrogens with zero attached hydrogens (tertiary/aromatic N) is 7. The molecule has 0 atom stereocenters. The van der Waals surface area contributed by atoms with Crippen LogP contribution in [0, 0.1) is 29.9 Å². The van der Waals surface area contributed by atoms with Crippen molar-refractivity contribution in [2.75, 3.05) is 0 Å². The van der Waals surface area contributed by atoms with E-state index in [0.29, 0.717) is 39.5 Å². The number of aryl methyl sites for hydroxylation is 1. The monoisotopic (exact) mass is 477 g/mol. The van der Waals surface area contributed by atoms with Crippen LogP contribution in [0.5, 0.6) is 0 Å². The highest BCUT2D eigenvalue weighted by atomic mass is 19.1. The average Bonchev–Trinajstić information content (AvgIpc) is 3.43. The summed E-state index contributed by atoms with van der Waals surface area (Å²) in [5.74, 6) is -0.574. The van der Waals surface area contributed by atoms with E-state index in [-0.39, 0.29) is 6.54 Å². The molecule has 0 saturated heterocycles. The first-order valence-electron chi connectivity index (χ1n) is 11.1. The molecule has 0 radical (unpaired) electrons. The Bertz CT molecular complexity index is 1810. The van der Waals surface area contributed by atoms with Gasteiger partial charge in [0.05, 0.1) is 40.9 Å². The number of hydrogen-bond acceptors (Lipinski definition) is 5. The van der Waals surface area contributed by atoms with Gasteiger partial charge in [0.2, 0.25) is 0 Å². The lowest BCUT2D eigenvalue weighted by atomic mass is 10.1. The summed E-state index contributed by atoms with van der Waals surface area (Å²) in [5.41, 5.74) is 5.79. The first-order chi connectivity index (χ1) is 17.5. The molecule has 0 aliphatic heterocycles. The van der Waals surface area contributed by atoms with E-state index in [1.165, 1.54) is 12.1 Å². The highest BCUT2D eigenvalue weighted by Crippen LogP contribution is 2.25. The van der Waals surface area contributed by atoms with Crippen LogP contribution in [0.15, 0.2) is 73.2 Å². The van der Waals surface area contributed by atoms with Crippen LogP contribution < -0.4 is 0 Å². The normalized spacial score (nSPS) is 11.3. The Morgan fingerprint density at radius 1 is 0.944 bits per heavy atom. The first-order valence-corrected chi connectivity index (χ1v) is 11.1. The molecule has 0 bridgehead atoms. The average molecular weight is 477 g/mol. The molecular weight excluding hydrogens is 460 g/mol. The number of benzene rings is 2. The van der Waals surface area contributed by atoms with Crippen molar-refractivity contribution in [3.05, 3.63) is 102 Å². The van der Waals surface area contributed by atoms with Crippen molar-refractivity contribution < 1.29 is 8.78 Å². The van der Waals surface area contributed by atoms with E-state index in [2.05, 4.69) is 21.0 Å². The molecule has 6 rings (SSSR count). The lowest BCUT2D eigenvalue weighted by Gasteiger charge is -2.09. The minimum atomic E-state index is -0.626. The lowest BCUT2D eigenvalue weighted by Crippen LogP contribution is -2.04. The number of hydrogen-bond donors (Lipinski definition) is 0. The summed E-state index contributed by atoms with van der Waals surface area (Å²) >= 11 is 0. The van der Waals surface area contributed by atoms with Gasteiger partial charge in [-0.25, -0.2) is 23.7 Å². The molecule has 174 valence electrons. The molecular formula is C27H17F2N7. The molecule has 4 aromatic heterocycles. The lowest BCUT2D eigenvalue weighted by molar-refractivity contribution is 0.577. The Hall–Kier alpha value is -4.97. The first kappa shape index (κ1) is 21.6. The molecule has 0 N–H and O–H groups in total. The number of halogens is 2. The van der Waals surface area contributed by atoms with Gasteiger partial charge in [-0.3, -0.25) is 9.55 Å². The van der Waals surface area contributed by atoms with Crippen LogP contribution in [0.1, 0.15) is 17.0 Å². The van der Waals surface area contributed by atoms with Crippen molar-refractivity contribution in [3.8, 4) is 23.0 Å². The molecule has 6 aromatic rings. The number of rotatable bonds is 4. The number of fused-ring (bicyclic) bond motifs is 2. The molecule has 0 spiro atoms. The van der Waals surface area contributed by atoms with Crippen molar-refractivity contribution in [3.63, 3.8) is 0 Å². The van der Waals surface area contributed by atoms with Crippen molar-refractivity contribution in [2.24, 2.45) is 0 Å². The van der Waals surface area contributed by atoms with Gasteiger partial charge in [0.1, 0.15) is 23.0 Å². The Morgan fingerprint density at radius 3 is 2.58 bits per heavy atom. The molecule has 36 heavy (non-hydrogen) atoms. The number of nitriles is 1. The van der Waals surface area contributed by atoms with E-state index in [1.54, 1.807) is 24.5 Å². The molecule has 2 aromatic carbocycles. The fourth-order valence-corrected chi connectivity index (χ4v) is 4.32. The molecule has 4 heterocycles. The zero-order valence-electron chi connectivity index (χ0n) is 19.0. The van der Waals surface area contributed by atoms with Crippen LogP contribution in [-0.2, 0) is 6.54 Å². The van der Waals surface area contributed by atoms with Crippen molar-refractivity contribution in [2.45, 2.75) is 13.5 Å². The number of aromatic nitrogens is 6. The highest BCUT2D eigenvalue weighted by molar-refractivity contribution is 5.79. The molecule has 9 heteroatoms. The summed E-state index contributed by atoms with van der Waals surface area (Å²) in [4.78, 5) is 18.4. The fourth-order valence-electron chi connectivity index (χ4n) is 4.32. The van der Waals surface area contributed by atoms with Crippen LogP contribution in [0.3, 0.4) is 0 Å². The minimum absolute atomic E-state index is 0.244. The maximum absolute atomic E-state index is 13.8. The Balaban J connectivity index is 1.45. The smallest absolute Gasteiger partial charge is 0.178 e. The predicted octanol–water partition coefficient (Wildman–Crippen LogP) is 5.34. The zero-order valence-corrected chi connectivity index (χ0v) is 19.0. The zero-order chi connectivity index (χ0) is 24.8. The van der Waals surface area contributed by atoms with Crippen LogP contribution in [-0.4, -0.2) is 29.1 Å². The molecule has 0 fully saturated rings. The van der Waals surface area contributed by atoms with Gasteiger partial charge in [-0.15, -0.1) is 0 Å². The third-order valence-electron chi connectivity index (χ3n) is 6.00. The van der Waals surface area contributed by atoms with E-state index >= 15 is 0 Å². The standard InChI is InChI=1S/C27H17F2N7/c1-16-33-26-25(36(16)15-18-8-20(28)10-21(29)9-18)11-22(13-32-26)35-6-5-23-27(35)34-24(14-31-23)19-4-2-3-17(7-19)12-30/h2-11,13-14H,15H2,1H3. The maximum Gasteiger partial charge on any atom is 0.178 e. The largest absolute Gasteiger partial charge is 0.322 e. The summed E-state index contributed by atoms with van der Waals surface area (Å²) in [6, 6.07) is 16.6. The topological polar surface area (TPSA) is 85.2 Å². The summed E-state index contributed by atoms with van der Waals surface area (Å²) in [6.07, 6.45) is 5.24.